The lowest BCUT2D eigenvalue weighted by Crippen LogP contribution is -2.56. The van der Waals surface area contributed by atoms with Crippen LogP contribution in [0.15, 0.2) is 0 Å². The number of carbonyl (C=O) groups excluding carboxylic acids is 1. The molecule has 6 nitrogen and oxygen atoms in total. The zero-order valence-electron chi connectivity index (χ0n) is 12.5. The SMILES string of the molecule is CC(C)CC(NS(C)(=O)=O)C(=O)NC1(CO)CCCC1. The molecule has 1 fully saturated rings. The van der Waals surface area contributed by atoms with Crippen LogP contribution < -0.4 is 10.0 Å². The van der Waals surface area contributed by atoms with E-state index in [1.165, 1.54) is 0 Å². The number of carbonyl (C=O) groups is 1. The van der Waals surface area contributed by atoms with Gasteiger partial charge in [0.1, 0.15) is 6.04 Å². The second kappa shape index (κ2) is 6.87. The highest BCUT2D eigenvalue weighted by Crippen LogP contribution is 2.29. The third-order valence-corrected chi connectivity index (χ3v) is 4.34. The van der Waals surface area contributed by atoms with Crippen molar-refractivity contribution in [1.82, 2.24) is 10.0 Å². The third kappa shape index (κ3) is 5.38. The molecule has 1 atom stereocenters. The Kier molecular flexibility index (Phi) is 5.97. The maximum Gasteiger partial charge on any atom is 0.238 e. The normalized spacial score (nSPS) is 20.1. The largest absolute Gasteiger partial charge is 0.394 e. The van der Waals surface area contributed by atoms with Crippen LogP contribution >= 0.6 is 0 Å². The average molecular weight is 306 g/mol. The number of hydrogen-bond acceptors (Lipinski definition) is 4. The van der Waals surface area contributed by atoms with E-state index < -0.39 is 21.6 Å². The van der Waals surface area contributed by atoms with Crippen molar-refractivity contribution in [2.75, 3.05) is 12.9 Å². The summed E-state index contributed by atoms with van der Waals surface area (Å²) in [6.07, 6.45) is 4.89. The van der Waals surface area contributed by atoms with Crippen LogP contribution in [0.1, 0.15) is 46.0 Å². The standard InChI is InChI=1S/C13H26N2O4S/c1-10(2)8-11(15-20(3,18)19)12(17)14-13(9-16)6-4-5-7-13/h10-11,15-16H,4-9H2,1-3H3,(H,14,17). The molecule has 0 spiro atoms. The summed E-state index contributed by atoms with van der Waals surface area (Å²) >= 11 is 0. The predicted octanol–water partition coefficient (Wildman–Crippen LogP) is 0.372. The minimum atomic E-state index is -3.45. The summed E-state index contributed by atoms with van der Waals surface area (Å²) in [6.45, 7) is 3.76. The number of amides is 1. The average Bonchev–Trinajstić information content (AvgIpc) is 2.75. The van der Waals surface area contributed by atoms with Crippen LogP contribution in [0.2, 0.25) is 0 Å². The first-order valence-electron chi connectivity index (χ1n) is 7.08. The van der Waals surface area contributed by atoms with Crippen LogP contribution in [0, 0.1) is 5.92 Å². The molecule has 1 aliphatic carbocycles. The van der Waals surface area contributed by atoms with Crippen LogP contribution in [0.25, 0.3) is 0 Å². The molecule has 1 aliphatic rings. The zero-order valence-corrected chi connectivity index (χ0v) is 13.3. The molecule has 20 heavy (non-hydrogen) atoms. The maximum atomic E-state index is 12.3. The Balaban J connectivity index is 2.76. The van der Waals surface area contributed by atoms with Crippen molar-refractivity contribution in [3.05, 3.63) is 0 Å². The van der Waals surface area contributed by atoms with Crippen LogP contribution in [-0.4, -0.2) is 43.9 Å². The van der Waals surface area contributed by atoms with Gasteiger partial charge < -0.3 is 10.4 Å². The topological polar surface area (TPSA) is 95.5 Å². The fourth-order valence-electron chi connectivity index (χ4n) is 2.66. The second-order valence-electron chi connectivity index (χ2n) is 6.21. The van der Waals surface area contributed by atoms with E-state index in [0.717, 1.165) is 31.9 Å². The molecule has 0 aliphatic heterocycles. The van der Waals surface area contributed by atoms with E-state index in [4.69, 9.17) is 0 Å². The second-order valence-corrected chi connectivity index (χ2v) is 7.99. The molecule has 0 bridgehead atoms. The Morgan fingerprint density at radius 3 is 2.25 bits per heavy atom. The number of aliphatic hydroxyl groups is 1. The summed E-state index contributed by atoms with van der Waals surface area (Å²) in [5.41, 5.74) is -0.578. The number of sulfonamides is 1. The molecular formula is C13H26N2O4S. The molecular weight excluding hydrogens is 280 g/mol. The van der Waals surface area contributed by atoms with E-state index in [2.05, 4.69) is 10.0 Å². The van der Waals surface area contributed by atoms with E-state index in [1.807, 2.05) is 13.8 Å². The first-order valence-corrected chi connectivity index (χ1v) is 8.97. The first-order chi connectivity index (χ1) is 9.17. The quantitative estimate of drug-likeness (QED) is 0.633. The van der Waals surface area contributed by atoms with Crippen molar-refractivity contribution in [1.29, 1.82) is 0 Å². The van der Waals surface area contributed by atoms with Crippen molar-refractivity contribution < 1.29 is 18.3 Å². The molecule has 0 aromatic carbocycles. The van der Waals surface area contributed by atoms with Gasteiger partial charge in [0.05, 0.1) is 18.4 Å². The molecule has 118 valence electrons. The van der Waals surface area contributed by atoms with Crippen molar-refractivity contribution in [3.8, 4) is 0 Å². The number of hydrogen-bond donors (Lipinski definition) is 3. The molecule has 1 saturated carbocycles. The summed E-state index contributed by atoms with van der Waals surface area (Å²) in [5.74, 6) is -0.159. The predicted molar refractivity (Wildman–Crippen MR) is 77.7 cm³/mol. The molecule has 3 N–H and O–H groups in total. The third-order valence-electron chi connectivity index (χ3n) is 3.63. The fraction of sp³-hybridized carbons (Fsp3) is 0.923. The van der Waals surface area contributed by atoms with Gasteiger partial charge in [-0.1, -0.05) is 26.7 Å². The van der Waals surface area contributed by atoms with Gasteiger partial charge in [0.25, 0.3) is 0 Å². The lowest BCUT2D eigenvalue weighted by atomic mass is 9.97. The summed E-state index contributed by atoms with van der Waals surface area (Å²) in [4.78, 5) is 12.3. The Hall–Kier alpha value is -0.660. The molecule has 7 heteroatoms. The van der Waals surface area contributed by atoms with Crippen LogP contribution in [0.3, 0.4) is 0 Å². The minimum absolute atomic E-state index is 0.105. The fourth-order valence-corrected chi connectivity index (χ4v) is 3.38. The molecule has 1 amide bonds. The van der Waals surface area contributed by atoms with Gasteiger partial charge in [-0.05, 0) is 25.2 Å². The minimum Gasteiger partial charge on any atom is -0.394 e. The van der Waals surface area contributed by atoms with E-state index in [9.17, 15) is 18.3 Å². The monoisotopic (exact) mass is 306 g/mol. The Bertz CT molecular complexity index is 428. The summed E-state index contributed by atoms with van der Waals surface area (Å²) in [5, 5.41) is 12.4. The van der Waals surface area contributed by atoms with Gasteiger partial charge >= 0.3 is 0 Å². The van der Waals surface area contributed by atoms with Crippen LogP contribution in [0.4, 0.5) is 0 Å². The van der Waals surface area contributed by atoms with Gasteiger partial charge in [0.15, 0.2) is 0 Å². The van der Waals surface area contributed by atoms with Crippen molar-refractivity contribution in [3.63, 3.8) is 0 Å². The van der Waals surface area contributed by atoms with Crippen molar-refractivity contribution >= 4 is 15.9 Å². The van der Waals surface area contributed by atoms with Gasteiger partial charge in [-0.15, -0.1) is 0 Å². The van der Waals surface area contributed by atoms with Crippen molar-refractivity contribution in [2.45, 2.75) is 57.5 Å². The number of rotatable bonds is 7. The van der Waals surface area contributed by atoms with E-state index in [1.54, 1.807) is 0 Å². The van der Waals surface area contributed by atoms with Gasteiger partial charge in [0.2, 0.25) is 15.9 Å². The van der Waals surface area contributed by atoms with Crippen LogP contribution in [-0.2, 0) is 14.8 Å². The van der Waals surface area contributed by atoms with Gasteiger partial charge in [-0.3, -0.25) is 4.79 Å². The maximum absolute atomic E-state index is 12.3. The zero-order chi connectivity index (χ0) is 15.4. The smallest absolute Gasteiger partial charge is 0.238 e. The highest BCUT2D eigenvalue weighted by Gasteiger charge is 2.36. The summed E-state index contributed by atoms with van der Waals surface area (Å²) in [6, 6.07) is -0.783. The van der Waals surface area contributed by atoms with E-state index in [0.29, 0.717) is 6.42 Å². The van der Waals surface area contributed by atoms with Crippen molar-refractivity contribution in [2.24, 2.45) is 5.92 Å². The van der Waals surface area contributed by atoms with E-state index in [-0.39, 0.29) is 18.4 Å². The number of nitrogens with one attached hydrogen (secondary N) is 2. The summed E-state index contributed by atoms with van der Waals surface area (Å²) < 4.78 is 25.1. The first kappa shape index (κ1) is 17.4. The lowest BCUT2D eigenvalue weighted by Gasteiger charge is -2.30. The Labute approximate surface area is 121 Å². The lowest BCUT2D eigenvalue weighted by molar-refractivity contribution is -0.125. The van der Waals surface area contributed by atoms with Gasteiger partial charge in [0, 0.05) is 0 Å². The summed E-state index contributed by atoms with van der Waals surface area (Å²) in [7, 11) is -3.45. The molecule has 0 aromatic heterocycles. The van der Waals surface area contributed by atoms with Crippen LogP contribution in [0.5, 0.6) is 0 Å². The molecule has 0 heterocycles. The molecule has 1 rings (SSSR count). The molecule has 0 saturated heterocycles. The molecule has 0 aromatic rings. The highest BCUT2D eigenvalue weighted by molar-refractivity contribution is 7.88. The Morgan fingerprint density at radius 2 is 1.85 bits per heavy atom. The number of aliphatic hydroxyl groups excluding tert-OH is 1. The highest BCUT2D eigenvalue weighted by atomic mass is 32.2. The van der Waals surface area contributed by atoms with E-state index >= 15 is 0 Å². The molecule has 1 unspecified atom stereocenters. The van der Waals surface area contributed by atoms with Gasteiger partial charge in [-0.25, -0.2) is 13.1 Å². The molecule has 0 radical (unpaired) electrons. The Morgan fingerprint density at radius 1 is 1.30 bits per heavy atom. The van der Waals surface area contributed by atoms with Gasteiger partial charge in [-0.2, -0.15) is 0 Å².